The van der Waals surface area contributed by atoms with Crippen LogP contribution < -0.4 is 0 Å². The van der Waals surface area contributed by atoms with Crippen LogP contribution >= 0.6 is 0 Å². The van der Waals surface area contributed by atoms with Crippen LogP contribution in [0.4, 0.5) is 0 Å². The Bertz CT molecular complexity index is 190. The summed E-state index contributed by atoms with van der Waals surface area (Å²) in [7, 11) is 0. The van der Waals surface area contributed by atoms with Gasteiger partial charge in [0.2, 0.25) is 0 Å². The van der Waals surface area contributed by atoms with E-state index in [2.05, 4.69) is 51.4 Å². The lowest BCUT2D eigenvalue weighted by molar-refractivity contribution is 0.827. The van der Waals surface area contributed by atoms with Crippen molar-refractivity contribution in [2.45, 2.75) is 138 Å². The Morgan fingerprint density at radius 3 is 0.833 bits per heavy atom. The predicted molar refractivity (Wildman–Crippen MR) is 129 cm³/mol. The maximum Gasteiger partial charge on any atom is 0.00885 e. The third-order valence-electron chi connectivity index (χ3n) is 1.91. The highest BCUT2D eigenvalue weighted by molar-refractivity contribution is 4.97. The maximum absolute atomic E-state index is 3.09. The quantitative estimate of drug-likeness (QED) is 0.350. The van der Waals surface area contributed by atoms with Crippen molar-refractivity contribution >= 4 is 0 Å². The highest BCUT2D eigenvalue weighted by Gasteiger charge is 1.74. The second kappa shape index (κ2) is 79.8. The molecule has 0 spiro atoms. The fourth-order valence-electron chi connectivity index (χ4n) is 0.957. The van der Waals surface area contributed by atoms with Gasteiger partial charge in [-0.3, -0.25) is 0 Å². The molecule has 0 aromatic heterocycles. The molecule has 0 radical (unpaired) electrons. The lowest BCUT2D eigenvalue weighted by Crippen LogP contribution is -1.65. The zero-order chi connectivity index (χ0) is 12.5. The van der Waals surface area contributed by atoms with Gasteiger partial charge in [0.1, 0.15) is 0 Å². The summed E-state index contributed by atoms with van der Waals surface area (Å²) < 4.78 is 0. The van der Waals surface area contributed by atoms with Gasteiger partial charge in [0.25, 0.3) is 0 Å². The van der Waals surface area contributed by atoms with Crippen LogP contribution in [0, 0.1) is 23.7 Å². The molecule has 0 saturated heterocycles. The van der Waals surface area contributed by atoms with Crippen molar-refractivity contribution in [3.05, 3.63) is 0 Å². The van der Waals surface area contributed by atoms with Crippen molar-refractivity contribution in [2.75, 3.05) is 0 Å². The maximum atomic E-state index is 3.09. The number of rotatable bonds is 4. The van der Waals surface area contributed by atoms with Crippen LogP contribution in [0.25, 0.3) is 0 Å². The number of unbranched alkanes of at least 4 members (excludes halogenated alkanes) is 4. The van der Waals surface area contributed by atoms with Gasteiger partial charge in [-0.05, 0) is 12.8 Å². The molecule has 0 rings (SSSR count). The van der Waals surface area contributed by atoms with Gasteiger partial charge >= 0.3 is 0 Å². The standard InChI is InChI=1S/2C8H14.8CH4/c2*1-3-5-7-8-6-4-2;;;;;;;;/h2*3-5,7H2,1-2H3;8*1H4. The topological polar surface area (TPSA) is 0 Å². The van der Waals surface area contributed by atoms with Gasteiger partial charge < -0.3 is 0 Å². The van der Waals surface area contributed by atoms with Crippen LogP contribution in [-0.2, 0) is 0 Å². The van der Waals surface area contributed by atoms with Gasteiger partial charge in [-0.2, -0.15) is 0 Å². The van der Waals surface area contributed by atoms with Gasteiger partial charge in [-0.1, -0.05) is 99.9 Å². The fourth-order valence-corrected chi connectivity index (χ4v) is 0.957. The van der Waals surface area contributed by atoms with Crippen molar-refractivity contribution < 1.29 is 0 Å². The molecule has 24 heavy (non-hydrogen) atoms. The van der Waals surface area contributed by atoms with E-state index < -0.39 is 0 Å². The van der Waals surface area contributed by atoms with Gasteiger partial charge in [-0.25, -0.2) is 0 Å². The number of hydrogen-bond donors (Lipinski definition) is 0. The zero-order valence-electron chi connectivity index (χ0n) is 11.7. The van der Waals surface area contributed by atoms with Gasteiger partial charge in [0.05, 0.1) is 0 Å². The first-order chi connectivity index (χ1) is 7.83. The molecule has 0 heteroatoms. The van der Waals surface area contributed by atoms with Crippen molar-refractivity contribution in [2.24, 2.45) is 0 Å². The molecule has 0 aromatic rings. The Hall–Kier alpha value is -0.880. The summed E-state index contributed by atoms with van der Waals surface area (Å²) in [5.74, 6) is 12.2. The normalized spacial score (nSPS) is 5.17. The van der Waals surface area contributed by atoms with E-state index in [9.17, 15) is 0 Å². The molecule has 0 bridgehead atoms. The van der Waals surface area contributed by atoms with E-state index in [0.29, 0.717) is 0 Å². The molecule has 0 heterocycles. The highest BCUT2D eigenvalue weighted by atomic mass is 13.8. The summed E-state index contributed by atoms with van der Waals surface area (Å²) >= 11 is 0. The SMILES string of the molecule is C.C.C.C.C.C.C.C.CCC#CCCCC.CCC#CCCCC. The van der Waals surface area contributed by atoms with Crippen LogP contribution in [0.1, 0.15) is 138 Å². The average Bonchev–Trinajstić information content (AvgIpc) is 2.31. The first-order valence-corrected chi connectivity index (χ1v) is 6.74. The Morgan fingerprint density at radius 2 is 0.667 bits per heavy atom. The molecule has 0 aromatic carbocycles. The molecular formula is C24H60. The van der Waals surface area contributed by atoms with Gasteiger partial charge in [-0.15, -0.1) is 23.7 Å². The average molecular weight is 349 g/mol. The van der Waals surface area contributed by atoms with E-state index in [0.717, 1.165) is 25.7 Å². The summed E-state index contributed by atoms with van der Waals surface area (Å²) in [5.41, 5.74) is 0. The molecule has 156 valence electrons. The summed E-state index contributed by atoms with van der Waals surface area (Å²) in [4.78, 5) is 0. The molecule has 0 aliphatic heterocycles. The molecule has 0 saturated carbocycles. The molecule has 0 unspecified atom stereocenters. The monoisotopic (exact) mass is 348 g/mol. The summed E-state index contributed by atoms with van der Waals surface area (Å²) in [5, 5.41) is 0. The minimum atomic E-state index is 0. The van der Waals surface area contributed by atoms with E-state index in [1.54, 1.807) is 0 Å². The van der Waals surface area contributed by atoms with E-state index in [1.807, 2.05) is 0 Å². The third-order valence-corrected chi connectivity index (χ3v) is 1.91. The third kappa shape index (κ3) is 103. The second-order valence-electron chi connectivity index (χ2n) is 3.62. The lowest BCUT2D eigenvalue weighted by Gasteiger charge is -1.81. The van der Waals surface area contributed by atoms with Crippen molar-refractivity contribution in [1.29, 1.82) is 0 Å². The van der Waals surface area contributed by atoms with E-state index >= 15 is 0 Å². The molecule has 0 N–H and O–H groups in total. The smallest absolute Gasteiger partial charge is 0.00885 e. The van der Waals surface area contributed by atoms with Crippen molar-refractivity contribution in [1.82, 2.24) is 0 Å². The van der Waals surface area contributed by atoms with Crippen LogP contribution in [0.3, 0.4) is 0 Å². The fraction of sp³-hybridized carbons (Fsp3) is 0.833. The van der Waals surface area contributed by atoms with Crippen LogP contribution in [-0.4, -0.2) is 0 Å². The Balaban J connectivity index is -0.0000000153. The lowest BCUT2D eigenvalue weighted by atomic mass is 10.2. The van der Waals surface area contributed by atoms with Gasteiger partial charge in [0, 0.05) is 25.7 Å². The summed E-state index contributed by atoms with van der Waals surface area (Å²) in [6.45, 7) is 8.54. The molecule has 0 atom stereocenters. The van der Waals surface area contributed by atoms with Crippen LogP contribution in [0.2, 0.25) is 0 Å². The molecule has 0 nitrogen and oxygen atoms in total. The zero-order valence-corrected chi connectivity index (χ0v) is 11.7. The molecule has 0 aliphatic rings. The van der Waals surface area contributed by atoms with Crippen LogP contribution in [0.15, 0.2) is 0 Å². The molecular weight excluding hydrogens is 288 g/mol. The van der Waals surface area contributed by atoms with E-state index in [-0.39, 0.29) is 59.4 Å². The Morgan fingerprint density at radius 1 is 0.417 bits per heavy atom. The summed E-state index contributed by atoms with van der Waals surface area (Å²) in [6.07, 6.45) is 9.22. The highest BCUT2D eigenvalue weighted by Crippen LogP contribution is 1.90. The van der Waals surface area contributed by atoms with Crippen LogP contribution in [0.5, 0.6) is 0 Å². The first-order valence-electron chi connectivity index (χ1n) is 6.74. The van der Waals surface area contributed by atoms with E-state index in [4.69, 9.17) is 0 Å². The second-order valence-corrected chi connectivity index (χ2v) is 3.62. The minimum absolute atomic E-state index is 0. The molecule has 0 aliphatic carbocycles. The van der Waals surface area contributed by atoms with Crippen molar-refractivity contribution in [3.8, 4) is 23.7 Å². The predicted octanol–water partition coefficient (Wildman–Crippen LogP) is 10.3. The van der Waals surface area contributed by atoms with Gasteiger partial charge in [0.15, 0.2) is 0 Å². The van der Waals surface area contributed by atoms with E-state index in [1.165, 1.54) is 25.7 Å². The minimum Gasteiger partial charge on any atom is -0.104 e. The Labute approximate surface area is 162 Å². The Kier molecular flexibility index (Phi) is 218. The molecule has 0 fully saturated rings. The largest absolute Gasteiger partial charge is 0.104 e. The molecule has 0 amide bonds. The number of hydrogen-bond acceptors (Lipinski definition) is 0. The summed E-state index contributed by atoms with van der Waals surface area (Å²) in [6, 6.07) is 0. The van der Waals surface area contributed by atoms with Crippen molar-refractivity contribution in [3.63, 3.8) is 0 Å². The first kappa shape index (κ1) is 65.7.